The first kappa shape index (κ1) is 15.1. The number of fused-ring (bicyclic) bond motifs is 1. The zero-order chi connectivity index (χ0) is 16.4. The van der Waals surface area contributed by atoms with E-state index in [-0.39, 0.29) is 18.0 Å². The van der Waals surface area contributed by atoms with Crippen molar-refractivity contribution < 1.29 is 4.79 Å². The van der Waals surface area contributed by atoms with Gasteiger partial charge in [0.15, 0.2) is 5.65 Å². The lowest BCUT2D eigenvalue weighted by molar-refractivity contribution is 0.0939. The minimum absolute atomic E-state index is 0.169. The van der Waals surface area contributed by atoms with Gasteiger partial charge in [0, 0.05) is 23.8 Å². The number of nitrogens with one attached hydrogen (secondary N) is 1. The number of carbonyl (C=O) groups is 1. The van der Waals surface area contributed by atoms with Gasteiger partial charge in [0.25, 0.3) is 5.91 Å². The van der Waals surface area contributed by atoms with E-state index in [2.05, 4.69) is 20.4 Å². The lowest BCUT2D eigenvalue weighted by Crippen LogP contribution is -2.27. The predicted octanol–water partition coefficient (Wildman–Crippen LogP) is 2.90. The number of rotatable bonds is 4. The van der Waals surface area contributed by atoms with Crippen LogP contribution in [0.5, 0.6) is 0 Å². The molecule has 6 nitrogen and oxygen atoms in total. The fourth-order valence-corrected chi connectivity index (χ4v) is 2.43. The summed E-state index contributed by atoms with van der Waals surface area (Å²) < 4.78 is 1.84. The third-order valence-electron chi connectivity index (χ3n) is 3.66. The first-order valence-corrected chi connectivity index (χ1v) is 7.61. The fraction of sp³-hybridized carbons (Fsp3) is 0.294. The summed E-state index contributed by atoms with van der Waals surface area (Å²) in [5.74, 6) is -0.171. The van der Waals surface area contributed by atoms with Crippen LogP contribution in [0.2, 0.25) is 0 Å². The van der Waals surface area contributed by atoms with Crippen LogP contribution < -0.4 is 5.32 Å². The Balaban J connectivity index is 1.81. The van der Waals surface area contributed by atoms with Crippen LogP contribution in [0.15, 0.2) is 42.9 Å². The summed E-state index contributed by atoms with van der Waals surface area (Å²) >= 11 is 0. The van der Waals surface area contributed by atoms with Crippen molar-refractivity contribution in [3.63, 3.8) is 0 Å². The zero-order valence-corrected chi connectivity index (χ0v) is 13.4. The lowest BCUT2D eigenvalue weighted by Gasteiger charge is -2.13. The minimum atomic E-state index is -0.171. The van der Waals surface area contributed by atoms with E-state index in [9.17, 15) is 4.79 Å². The molecule has 1 atom stereocenters. The van der Waals surface area contributed by atoms with Crippen LogP contribution in [0.25, 0.3) is 11.0 Å². The van der Waals surface area contributed by atoms with E-state index in [4.69, 9.17) is 0 Å². The highest BCUT2D eigenvalue weighted by Gasteiger charge is 2.14. The SMILES string of the molecule is CC(NC(=O)c1cnc2c(cnn2C(C)C)c1)c1ccccn1. The van der Waals surface area contributed by atoms with Crippen LogP contribution in [0.3, 0.4) is 0 Å². The molecule has 0 aromatic carbocycles. The van der Waals surface area contributed by atoms with Gasteiger partial charge in [-0.1, -0.05) is 6.07 Å². The van der Waals surface area contributed by atoms with Crippen molar-refractivity contribution in [1.29, 1.82) is 0 Å². The van der Waals surface area contributed by atoms with Crippen LogP contribution in [-0.2, 0) is 0 Å². The molecule has 0 fully saturated rings. The Hall–Kier alpha value is -2.76. The number of nitrogens with zero attached hydrogens (tertiary/aromatic N) is 4. The van der Waals surface area contributed by atoms with Crippen LogP contribution in [0, 0.1) is 0 Å². The average Bonchev–Trinajstić information content (AvgIpc) is 2.98. The average molecular weight is 309 g/mol. The smallest absolute Gasteiger partial charge is 0.253 e. The molecule has 0 spiro atoms. The van der Waals surface area contributed by atoms with E-state index in [1.165, 1.54) is 0 Å². The monoisotopic (exact) mass is 309 g/mol. The highest BCUT2D eigenvalue weighted by molar-refractivity contribution is 5.97. The number of aromatic nitrogens is 4. The molecular formula is C17H19N5O. The molecule has 0 radical (unpaired) electrons. The largest absolute Gasteiger partial charge is 0.344 e. The molecule has 3 heterocycles. The molecule has 0 aliphatic carbocycles. The second-order valence-electron chi connectivity index (χ2n) is 5.77. The van der Waals surface area contributed by atoms with Gasteiger partial charge in [0.1, 0.15) is 0 Å². The van der Waals surface area contributed by atoms with Gasteiger partial charge in [0.05, 0.1) is 23.5 Å². The van der Waals surface area contributed by atoms with Crippen molar-refractivity contribution in [2.24, 2.45) is 0 Å². The molecule has 0 saturated carbocycles. The predicted molar refractivity (Wildman–Crippen MR) is 88.0 cm³/mol. The Kier molecular flexibility index (Phi) is 4.06. The third-order valence-corrected chi connectivity index (χ3v) is 3.66. The van der Waals surface area contributed by atoms with Crippen molar-refractivity contribution >= 4 is 16.9 Å². The molecule has 0 aliphatic heterocycles. The van der Waals surface area contributed by atoms with Crippen molar-refractivity contribution in [3.8, 4) is 0 Å². The normalized spacial score (nSPS) is 12.5. The first-order valence-electron chi connectivity index (χ1n) is 7.61. The number of carbonyl (C=O) groups excluding carboxylic acids is 1. The van der Waals surface area contributed by atoms with Gasteiger partial charge in [-0.25, -0.2) is 9.67 Å². The molecule has 1 N–H and O–H groups in total. The van der Waals surface area contributed by atoms with Crippen LogP contribution in [0.4, 0.5) is 0 Å². The van der Waals surface area contributed by atoms with Gasteiger partial charge in [0.2, 0.25) is 0 Å². The first-order chi connectivity index (χ1) is 11.1. The standard InChI is InChI=1S/C17H19N5O/c1-11(2)22-16-13(10-20-22)8-14(9-19-16)17(23)21-12(3)15-6-4-5-7-18-15/h4-12H,1-3H3,(H,21,23). The highest BCUT2D eigenvalue weighted by Crippen LogP contribution is 2.17. The zero-order valence-electron chi connectivity index (χ0n) is 13.4. The maximum Gasteiger partial charge on any atom is 0.253 e. The summed E-state index contributed by atoms with van der Waals surface area (Å²) in [6.45, 7) is 6.00. The maximum atomic E-state index is 12.4. The van der Waals surface area contributed by atoms with E-state index >= 15 is 0 Å². The molecule has 0 bridgehead atoms. The number of hydrogen-bond donors (Lipinski definition) is 1. The van der Waals surface area contributed by atoms with Crippen LogP contribution in [-0.4, -0.2) is 25.7 Å². The van der Waals surface area contributed by atoms with Gasteiger partial charge in [-0.05, 0) is 39.0 Å². The van der Waals surface area contributed by atoms with Gasteiger partial charge >= 0.3 is 0 Å². The van der Waals surface area contributed by atoms with E-state index in [0.29, 0.717) is 5.56 Å². The molecule has 1 amide bonds. The van der Waals surface area contributed by atoms with Gasteiger partial charge in [-0.15, -0.1) is 0 Å². The molecule has 3 rings (SSSR count). The number of pyridine rings is 2. The summed E-state index contributed by atoms with van der Waals surface area (Å²) in [5.41, 5.74) is 2.13. The quantitative estimate of drug-likeness (QED) is 0.804. The van der Waals surface area contributed by atoms with E-state index in [1.54, 1.807) is 18.6 Å². The van der Waals surface area contributed by atoms with Crippen molar-refractivity contribution in [3.05, 3.63) is 54.1 Å². The summed E-state index contributed by atoms with van der Waals surface area (Å²) in [4.78, 5) is 21.0. The molecule has 0 saturated heterocycles. The molecule has 3 aromatic heterocycles. The summed E-state index contributed by atoms with van der Waals surface area (Å²) in [6, 6.07) is 7.51. The Bertz CT molecular complexity index is 825. The fourth-order valence-electron chi connectivity index (χ4n) is 2.43. The summed E-state index contributed by atoms with van der Waals surface area (Å²) in [6.07, 6.45) is 5.04. The summed E-state index contributed by atoms with van der Waals surface area (Å²) in [7, 11) is 0. The Morgan fingerprint density at radius 1 is 1.17 bits per heavy atom. The molecular weight excluding hydrogens is 290 g/mol. The minimum Gasteiger partial charge on any atom is -0.344 e. The van der Waals surface area contributed by atoms with Gasteiger partial charge in [-0.2, -0.15) is 5.10 Å². The second kappa shape index (κ2) is 6.16. The van der Waals surface area contributed by atoms with E-state index in [1.807, 2.05) is 49.7 Å². The third kappa shape index (κ3) is 3.06. The highest BCUT2D eigenvalue weighted by atomic mass is 16.1. The Labute approximate surface area is 134 Å². The second-order valence-corrected chi connectivity index (χ2v) is 5.77. The Morgan fingerprint density at radius 3 is 2.70 bits per heavy atom. The van der Waals surface area contributed by atoms with E-state index < -0.39 is 0 Å². The number of hydrogen-bond acceptors (Lipinski definition) is 4. The lowest BCUT2D eigenvalue weighted by atomic mass is 10.2. The van der Waals surface area contributed by atoms with Crippen molar-refractivity contribution in [2.75, 3.05) is 0 Å². The van der Waals surface area contributed by atoms with Crippen LogP contribution >= 0.6 is 0 Å². The molecule has 23 heavy (non-hydrogen) atoms. The van der Waals surface area contributed by atoms with Gasteiger partial charge < -0.3 is 5.32 Å². The molecule has 118 valence electrons. The van der Waals surface area contributed by atoms with Crippen molar-refractivity contribution in [2.45, 2.75) is 32.9 Å². The molecule has 3 aromatic rings. The van der Waals surface area contributed by atoms with E-state index in [0.717, 1.165) is 16.7 Å². The summed E-state index contributed by atoms with van der Waals surface area (Å²) in [5, 5.41) is 8.11. The molecule has 0 aliphatic rings. The molecule has 1 unspecified atom stereocenters. The maximum absolute atomic E-state index is 12.4. The Morgan fingerprint density at radius 2 is 2.00 bits per heavy atom. The molecule has 6 heteroatoms. The topological polar surface area (TPSA) is 72.7 Å². The van der Waals surface area contributed by atoms with Gasteiger partial charge in [-0.3, -0.25) is 9.78 Å². The van der Waals surface area contributed by atoms with Crippen LogP contribution in [0.1, 0.15) is 48.9 Å². The van der Waals surface area contributed by atoms with Crippen molar-refractivity contribution in [1.82, 2.24) is 25.1 Å². The number of amides is 1.